The molecular formula is C17H26ClNO4. The lowest BCUT2D eigenvalue weighted by molar-refractivity contribution is -0.423. The Morgan fingerprint density at radius 2 is 1.65 bits per heavy atom. The number of ether oxygens (including phenoxy) is 1. The molecule has 3 atom stereocenters. The third-order valence-corrected chi connectivity index (χ3v) is 3.66. The van der Waals surface area contributed by atoms with E-state index in [1.807, 2.05) is 24.3 Å². The first-order chi connectivity index (χ1) is 10.2. The van der Waals surface area contributed by atoms with E-state index in [4.69, 9.17) is 9.84 Å². The van der Waals surface area contributed by atoms with Gasteiger partial charge < -0.3 is 28.0 Å². The quantitative estimate of drug-likeness (QED) is 0.597. The van der Waals surface area contributed by atoms with Crippen LogP contribution < -0.4 is 18.1 Å². The zero-order chi connectivity index (χ0) is 16.9. The zero-order valence-electron chi connectivity index (χ0n) is 14.1. The molecule has 1 rings (SSSR count). The molecule has 6 heteroatoms. The van der Waals surface area contributed by atoms with Crippen molar-refractivity contribution >= 4 is 11.9 Å². The minimum absolute atomic E-state index is 0. The van der Waals surface area contributed by atoms with Gasteiger partial charge in [0.1, 0.15) is 0 Å². The lowest BCUT2D eigenvalue weighted by atomic mass is 9.97. The summed E-state index contributed by atoms with van der Waals surface area (Å²) in [5, 5.41) is 8.87. The number of hydrogen-bond donors (Lipinski definition) is 2. The molecule has 0 aliphatic carbocycles. The second kappa shape index (κ2) is 9.53. The van der Waals surface area contributed by atoms with Crippen LogP contribution in [0.25, 0.3) is 0 Å². The molecule has 4 N–H and O–H groups in total. The topological polar surface area (TPSA) is 91.2 Å². The second-order valence-corrected chi connectivity index (χ2v) is 6.15. The predicted molar refractivity (Wildman–Crippen MR) is 83.3 cm³/mol. The lowest BCUT2D eigenvalue weighted by Gasteiger charge is -2.18. The summed E-state index contributed by atoms with van der Waals surface area (Å²) in [4.78, 5) is 22.9. The summed E-state index contributed by atoms with van der Waals surface area (Å²) in [5.74, 6) is -1.36. The Balaban J connectivity index is 0.00000484. The van der Waals surface area contributed by atoms with Gasteiger partial charge >= 0.3 is 11.9 Å². The summed E-state index contributed by atoms with van der Waals surface area (Å²) in [6.07, 6.45) is 0.241. The van der Waals surface area contributed by atoms with Gasteiger partial charge in [-0.15, -0.1) is 0 Å². The van der Waals surface area contributed by atoms with E-state index in [1.165, 1.54) is 5.56 Å². The molecule has 0 aromatic heterocycles. The van der Waals surface area contributed by atoms with Gasteiger partial charge in [-0.1, -0.05) is 38.1 Å². The Hall–Kier alpha value is -1.59. The van der Waals surface area contributed by atoms with Crippen LogP contribution in [0.2, 0.25) is 0 Å². The van der Waals surface area contributed by atoms with E-state index in [0.29, 0.717) is 5.92 Å². The molecule has 0 heterocycles. The van der Waals surface area contributed by atoms with E-state index in [1.54, 1.807) is 13.8 Å². The smallest absolute Gasteiger partial charge is 0.366 e. The first kappa shape index (κ1) is 21.4. The summed E-state index contributed by atoms with van der Waals surface area (Å²) >= 11 is 0. The predicted octanol–water partition coefficient (Wildman–Crippen LogP) is -1.38. The number of carboxylic acids is 1. The zero-order valence-corrected chi connectivity index (χ0v) is 14.8. The number of aliphatic carboxylic acids is 1. The molecular weight excluding hydrogens is 318 g/mol. The molecule has 0 bridgehead atoms. The van der Waals surface area contributed by atoms with Crippen LogP contribution in [-0.2, 0) is 20.7 Å². The van der Waals surface area contributed by atoms with E-state index in [2.05, 4.69) is 19.6 Å². The van der Waals surface area contributed by atoms with E-state index < -0.39 is 30.0 Å². The van der Waals surface area contributed by atoms with Crippen molar-refractivity contribution in [1.82, 2.24) is 0 Å². The number of halogens is 1. The number of esters is 1. The third-order valence-electron chi connectivity index (χ3n) is 3.66. The van der Waals surface area contributed by atoms with Gasteiger partial charge in [-0.3, -0.25) is 4.79 Å². The van der Waals surface area contributed by atoms with Crippen LogP contribution >= 0.6 is 0 Å². The molecule has 0 spiro atoms. The average molecular weight is 344 g/mol. The summed E-state index contributed by atoms with van der Waals surface area (Å²) in [6, 6.07) is 6.92. The van der Waals surface area contributed by atoms with Crippen molar-refractivity contribution in [2.75, 3.05) is 0 Å². The van der Waals surface area contributed by atoms with Gasteiger partial charge in [-0.25, -0.2) is 4.79 Å². The number of carboxylic acid groups (broad SMARTS) is 1. The average Bonchev–Trinajstić information content (AvgIpc) is 2.45. The number of rotatable bonds is 7. The van der Waals surface area contributed by atoms with Crippen LogP contribution in [0.15, 0.2) is 24.3 Å². The molecule has 0 saturated carbocycles. The van der Waals surface area contributed by atoms with E-state index in [9.17, 15) is 9.59 Å². The highest BCUT2D eigenvalue weighted by Crippen LogP contribution is 2.19. The highest BCUT2D eigenvalue weighted by atomic mass is 35.5. The molecule has 0 amide bonds. The van der Waals surface area contributed by atoms with Gasteiger partial charge in [0.15, 0.2) is 6.10 Å². The molecule has 1 aromatic carbocycles. The Morgan fingerprint density at radius 1 is 1.13 bits per heavy atom. The van der Waals surface area contributed by atoms with Crippen LogP contribution in [0.5, 0.6) is 0 Å². The van der Waals surface area contributed by atoms with Crippen LogP contribution in [0.4, 0.5) is 0 Å². The molecule has 1 unspecified atom stereocenters. The SMILES string of the molecule is CC(C)Cc1ccc(C(C)C(=O)O[C@H](C)[C@H]([NH3+])C(=O)O)cc1.[Cl-]. The minimum Gasteiger partial charge on any atom is -1.00 e. The maximum Gasteiger partial charge on any atom is 0.366 e. The lowest BCUT2D eigenvalue weighted by Crippen LogP contribution is -3.00. The van der Waals surface area contributed by atoms with Crippen molar-refractivity contribution in [2.24, 2.45) is 5.92 Å². The number of hydrogen-bond acceptors (Lipinski definition) is 3. The fraction of sp³-hybridized carbons (Fsp3) is 0.529. The fourth-order valence-corrected chi connectivity index (χ4v) is 2.12. The largest absolute Gasteiger partial charge is 1.00 e. The molecule has 23 heavy (non-hydrogen) atoms. The molecule has 5 nitrogen and oxygen atoms in total. The molecule has 1 aromatic rings. The summed E-state index contributed by atoms with van der Waals surface area (Å²) in [7, 11) is 0. The van der Waals surface area contributed by atoms with Crippen LogP contribution in [-0.4, -0.2) is 29.2 Å². The Labute approximate surface area is 143 Å². The van der Waals surface area contributed by atoms with Crippen molar-refractivity contribution in [3.05, 3.63) is 35.4 Å². The summed E-state index contributed by atoms with van der Waals surface area (Å²) < 4.78 is 5.20. The molecule has 0 aliphatic rings. The van der Waals surface area contributed by atoms with Gasteiger partial charge in [-0.2, -0.15) is 0 Å². The number of carbonyl (C=O) groups excluding carboxylic acids is 1. The highest BCUT2D eigenvalue weighted by Gasteiger charge is 2.29. The first-order valence-corrected chi connectivity index (χ1v) is 7.57. The van der Waals surface area contributed by atoms with E-state index in [-0.39, 0.29) is 12.4 Å². The fourth-order valence-electron chi connectivity index (χ4n) is 2.12. The monoisotopic (exact) mass is 343 g/mol. The molecule has 0 radical (unpaired) electrons. The van der Waals surface area contributed by atoms with Gasteiger partial charge in [0.25, 0.3) is 0 Å². The maximum absolute atomic E-state index is 12.1. The third kappa shape index (κ3) is 6.59. The highest BCUT2D eigenvalue weighted by molar-refractivity contribution is 5.79. The Kier molecular flexibility index (Phi) is 8.87. The Bertz CT molecular complexity index is 516. The van der Waals surface area contributed by atoms with E-state index in [0.717, 1.165) is 12.0 Å². The number of quaternary nitrogens is 1. The molecule has 0 fully saturated rings. The van der Waals surface area contributed by atoms with Crippen molar-refractivity contribution in [2.45, 2.75) is 52.2 Å². The molecule has 130 valence electrons. The van der Waals surface area contributed by atoms with Gasteiger partial charge in [0.05, 0.1) is 5.92 Å². The van der Waals surface area contributed by atoms with Crippen LogP contribution in [0, 0.1) is 5.92 Å². The number of benzene rings is 1. The first-order valence-electron chi connectivity index (χ1n) is 7.57. The Morgan fingerprint density at radius 3 is 2.09 bits per heavy atom. The molecule has 0 aliphatic heterocycles. The van der Waals surface area contributed by atoms with Crippen molar-refractivity contribution < 1.29 is 37.6 Å². The van der Waals surface area contributed by atoms with Crippen molar-refractivity contribution in [3.63, 3.8) is 0 Å². The van der Waals surface area contributed by atoms with E-state index >= 15 is 0 Å². The molecule has 0 saturated heterocycles. The standard InChI is InChI=1S/C17H25NO4.ClH/c1-10(2)9-13-5-7-14(8-6-13)11(3)17(21)22-12(4)15(18)16(19)20;/h5-8,10-12,15H,9,18H2,1-4H3,(H,19,20);1H/t11?,12-,15+;/m1./s1. The summed E-state index contributed by atoms with van der Waals surface area (Å²) in [6.45, 7) is 7.62. The number of carbonyl (C=O) groups is 2. The van der Waals surface area contributed by atoms with Gasteiger partial charge in [0.2, 0.25) is 6.04 Å². The normalized spacial score (nSPS) is 14.5. The van der Waals surface area contributed by atoms with Gasteiger partial charge in [-0.05, 0) is 37.3 Å². The van der Waals surface area contributed by atoms with Crippen LogP contribution in [0.1, 0.15) is 44.7 Å². The summed E-state index contributed by atoms with van der Waals surface area (Å²) in [5.41, 5.74) is 5.58. The maximum atomic E-state index is 12.1. The minimum atomic E-state index is -1.08. The van der Waals surface area contributed by atoms with Crippen molar-refractivity contribution in [3.8, 4) is 0 Å². The second-order valence-electron chi connectivity index (χ2n) is 6.15. The van der Waals surface area contributed by atoms with Crippen molar-refractivity contribution in [1.29, 1.82) is 0 Å². The van der Waals surface area contributed by atoms with Crippen LogP contribution in [0.3, 0.4) is 0 Å². The van der Waals surface area contributed by atoms with Gasteiger partial charge in [0, 0.05) is 0 Å².